The van der Waals surface area contributed by atoms with E-state index in [1.807, 2.05) is 0 Å². The van der Waals surface area contributed by atoms with E-state index in [0.29, 0.717) is 5.41 Å². The Labute approximate surface area is 295 Å². The van der Waals surface area contributed by atoms with Gasteiger partial charge in [-0.1, -0.05) is 105 Å². The van der Waals surface area contributed by atoms with Gasteiger partial charge in [0.25, 0.3) is 0 Å². The van der Waals surface area contributed by atoms with Gasteiger partial charge < -0.3 is 0 Å². The molecule has 0 radical (unpaired) electrons. The first-order chi connectivity index (χ1) is 21.6. The molecule has 1 heteroatoms. The minimum absolute atomic E-state index is 0.167. The molecule has 0 saturated heterocycles. The van der Waals surface area contributed by atoms with Gasteiger partial charge in [0.1, 0.15) is 0 Å². The molecule has 0 saturated carbocycles. The van der Waals surface area contributed by atoms with Crippen LogP contribution in [0.25, 0.3) is 11.1 Å². The monoisotopic (exact) mass is 682 g/mol. The van der Waals surface area contributed by atoms with Crippen LogP contribution in [0.1, 0.15) is 114 Å². The van der Waals surface area contributed by atoms with Crippen LogP contribution in [-0.4, -0.2) is 3.21 Å². The Balaban J connectivity index is 0.000000167. The summed E-state index contributed by atoms with van der Waals surface area (Å²) in [6, 6.07) is 43.0. The minimum atomic E-state index is 0.167. The SMILES string of the molecule is CC(C)(C)c1[c-]c2c(cc1)-c1ccc(C(C)(C)C)cc1C2.CC[c-]1ccc(C(C)(C)C)c1.[Zr+2]=[C](c1ccccc1)c1ccccc1. The summed E-state index contributed by atoms with van der Waals surface area (Å²) in [6.07, 6.45) is 2.18. The van der Waals surface area contributed by atoms with Crippen LogP contribution in [0.4, 0.5) is 0 Å². The van der Waals surface area contributed by atoms with E-state index in [1.54, 1.807) is 0 Å². The van der Waals surface area contributed by atoms with Gasteiger partial charge in [-0.2, -0.15) is 47.0 Å². The molecule has 5 aromatic carbocycles. The molecule has 46 heavy (non-hydrogen) atoms. The van der Waals surface area contributed by atoms with E-state index in [2.05, 4.69) is 184 Å². The molecule has 1 aliphatic rings. The Morgan fingerprint density at radius 1 is 0.652 bits per heavy atom. The standard InChI is InChI=1S/C21H25.C13H10.C11H17.Zr/c1-20(2,3)16-7-9-18-14(12-16)11-15-13-17(21(4,5)6)8-10-19(15)18;1-3-7-12(8-4-1)11-13-9-5-2-6-10-13;1-5-9-6-7-10(8-9)11(2,3)4;/h7-10,12H,11H2,1-6H3;1-10H;6-8H,5H2,1-4H3;/q-1;;-1;+2. The van der Waals surface area contributed by atoms with Crippen LogP contribution in [0.2, 0.25) is 0 Å². The molecule has 5 aromatic rings. The van der Waals surface area contributed by atoms with Crippen molar-refractivity contribution in [3.8, 4) is 11.1 Å². The average Bonchev–Trinajstić information content (AvgIpc) is 3.66. The molecule has 0 spiro atoms. The topological polar surface area (TPSA) is 0 Å². The van der Waals surface area contributed by atoms with Crippen molar-refractivity contribution in [1.29, 1.82) is 0 Å². The molecule has 6 rings (SSSR count). The quantitative estimate of drug-likeness (QED) is 0.163. The average molecular weight is 684 g/mol. The maximum absolute atomic E-state index is 3.67. The van der Waals surface area contributed by atoms with Crippen molar-refractivity contribution in [1.82, 2.24) is 0 Å². The van der Waals surface area contributed by atoms with E-state index in [9.17, 15) is 0 Å². The molecule has 0 aliphatic heterocycles. The van der Waals surface area contributed by atoms with Crippen molar-refractivity contribution in [2.24, 2.45) is 0 Å². The first kappa shape index (κ1) is 35.8. The zero-order chi connectivity index (χ0) is 33.7. The predicted molar refractivity (Wildman–Crippen MR) is 197 cm³/mol. The second kappa shape index (κ2) is 14.8. The van der Waals surface area contributed by atoms with E-state index in [-0.39, 0.29) is 10.8 Å². The fourth-order valence-electron chi connectivity index (χ4n) is 5.58. The van der Waals surface area contributed by atoms with Gasteiger partial charge in [0.2, 0.25) is 0 Å². The molecule has 0 aromatic heterocycles. The van der Waals surface area contributed by atoms with Crippen LogP contribution in [0.3, 0.4) is 0 Å². The second-order valence-corrected chi connectivity index (χ2v) is 16.8. The predicted octanol–water partition coefficient (Wildman–Crippen LogP) is 11.7. The van der Waals surface area contributed by atoms with Gasteiger partial charge in [0.15, 0.2) is 0 Å². The fraction of sp³-hybridized carbons (Fsp3) is 0.333. The summed E-state index contributed by atoms with van der Waals surface area (Å²) in [7, 11) is 0. The number of rotatable bonds is 3. The van der Waals surface area contributed by atoms with Crippen molar-refractivity contribution < 1.29 is 24.2 Å². The van der Waals surface area contributed by atoms with Crippen LogP contribution in [0.5, 0.6) is 0 Å². The first-order valence-corrected chi connectivity index (χ1v) is 18.0. The Morgan fingerprint density at radius 3 is 1.65 bits per heavy atom. The Hall–Kier alpha value is -3.02. The van der Waals surface area contributed by atoms with E-state index < -0.39 is 0 Å². The third-order valence-corrected chi connectivity index (χ3v) is 10.1. The van der Waals surface area contributed by atoms with Crippen LogP contribution < -0.4 is 0 Å². The number of aryl methyl sites for hydroxylation is 1. The van der Waals surface area contributed by atoms with Crippen molar-refractivity contribution in [2.75, 3.05) is 0 Å². The summed E-state index contributed by atoms with van der Waals surface area (Å²) < 4.78 is 1.42. The number of hydrogen-bond donors (Lipinski definition) is 0. The van der Waals surface area contributed by atoms with Gasteiger partial charge in [0, 0.05) is 0 Å². The summed E-state index contributed by atoms with van der Waals surface area (Å²) in [5.41, 5.74) is 14.6. The van der Waals surface area contributed by atoms with Gasteiger partial charge in [-0.25, -0.2) is 6.07 Å². The summed E-state index contributed by atoms with van der Waals surface area (Å²) in [6.45, 7) is 22.6. The number of benzene rings is 4. The summed E-state index contributed by atoms with van der Waals surface area (Å²) in [4.78, 5) is 0. The molecule has 0 unspecified atom stereocenters. The van der Waals surface area contributed by atoms with Gasteiger partial charge >= 0.3 is 99.2 Å². The zero-order valence-corrected chi connectivity index (χ0v) is 32.3. The van der Waals surface area contributed by atoms with Crippen molar-refractivity contribution in [3.05, 3.63) is 160 Å². The van der Waals surface area contributed by atoms with E-state index in [0.717, 1.165) is 12.8 Å². The van der Waals surface area contributed by atoms with Crippen molar-refractivity contribution >= 4 is 3.21 Å². The molecule has 0 heterocycles. The van der Waals surface area contributed by atoms with Crippen molar-refractivity contribution in [2.45, 2.75) is 98.3 Å². The van der Waals surface area contributed by atoms with Crippen LogP contribution in [-0.2, 0) is 53.3 Å². The molecule has 0 fully saturated rings. The molecule has 236 valence electrons. The molecule has 1 aliphatic carbocycles. The molecule has 0 N–H and O–H groups in total. The normalized spacial score (nSPS) is 12.3. The summed E-state index contributed by atoms with van der Waals surface area (Å²) in [5.74, 6) is 0. The second-order valence-electron chi connectivity index (χ2n) is 15.5. The maximum atomic E-state index is 3.67. The molecule has 0 atom stereocenters. The Morgan fingerprint density at radius 2 is 1.20 bits per heavy atom. The van der Waals surface area contributed by atoms with E-state index >= 15 is 0 Å². The molecule has 0 amide bonds. The first-order valence-electron chi connectivity index (χ1n) is 16.7. The van der Waals surface area contributed by atoms with Gasteiger partial charge in [-0.3, -0.25) is 0 Å². The van der Waals surface area contributed by atoms with E-state index in [4.69, 9.17) is 0 Å². The van der Waals surface area contributed by atoms with Crippen LogP contribution in [0.15, 0.2) is 109 Å². The molecular formula is C45H52Zr. The number of hydrogen-bond acceptors (Lipinski definition) is 0. The van der Waals surface area contributed by atoms with Crippen LogP contribution >= 0.6 is 0 Å². The van der Waals surface area contributed by atoms with Crippen molar-refractivity contribution in [3.63, 3.8) is 0 Å². The van der Waals surface area contributed by atoms with Crippen LogP contribution in [0, 0.1) is 6.07 Å². The third-order valence-electron chi connectivity index (χ3n) is 8.68. The molecule has 0 nitrogen and oxygen atoms in total. The van der Waals surface area contributed by atoms with Gasteiger partial charge in [-0.15, -0.1) is 11.1 Å². The number of fused-ring (bicyclic) bond motifs is 3. The Kier molecular flexibility index (Phi) is 11.5. The van der Waals surface area contributed by atoms with E-state index in [1.165, 1.54) is 83.1 Å². The summed E-state index contributed by atoms with van der Waals surface area (Å²) >= 11 is 1.46. The summed E-state index contributed by atoms with van der Waals surface area (Å²) in [5, 5.41) is 0. The van der Waals surface area contributed by atoms with Gasteiger partial charge in [0.05, 0.1) is 0 Å². The Bertz CT molecular complexity index is 1630. The molecule has 0 bridgehead atoms. The molecular weight excluding hydrogens is 632 g/mol. The fourth-order valence-corrected chi connectivity index (χ4v) is 6.40. The third kappa shape index (κ3) is 9.29. The zero-order valence-electron chi connectivity index (χ0n) is 29.8. The van der Waals surface area contributed by atoms with Gasteiger partial charge in [-0.05, 0) is 28.4 Å².